The molecule has 5 nitrogen and oxygen atoms in total. The molecule has 0 aliphatic carbocycles. The maximum atomic E-state index is 13.1. The first-order valence-electron chi connectivity index (χ1n) is 10.4. The molecule has 2 aromatic carbocycles. The third-order valence-corrected chi connectivity index (χ3v) is 5.53. The summed E-state index contributed by atoms with van der Waals surface area (Å²) in [6, 6.07) is 15.0. The second-order valence-electron chi connectivity index (χ2n) is 7.46. The van der Waals surface area contributed by atoms with E-state index in [9.17, 15) is 9.59 Å². The van der Waals surface area contributed by atoms with E-state index < -0.39 is 6.04 Å². The summed E-state index contributed by atoms with van der Waals surface area (Å²) in [5.41, 5.74) is 2.16. The number of hydrogen-bond acceptors (Lipinski definition) is 3. The lowest BCUT2D eigenvalue weighted by atomic mass is 10.0. The van der Waals surface area contributed by atoms with Gasteiger partial charge in [0.1, 0.15) is 11.8 Å². The van der Waals surface area contributed by atoms with Crippen molar-refractivity contribution in [3.8, 4) is 5.75 Å². The first-order chi connectivity index (χ1) is 14.4. The number of carbonyl (C=O) groups is 2. The Labute approximate surface area is 187 Å². The van der Waals surface area contributed by atoms with Gasteiger partial charge in [-0.05, 0) is 58.5 Å². The van der Waals surface area contributed by atoms with E-state index in [0.29, 0.717) is 31.2 Å². The van der Waals surface area contributed by atoms with Gasteiger partial charge < -0.3 is 15.0 Å². The van der Waals surface area contributed by atoms with Gasteiger partial charge in [-0.25, -0.2) is 0 Å². The standard InChI is InChI=1S/C24H31BrN2O3/c1-5-21(24(29)26-6-2)27(15-18-10-8-7-9-11-18)23(28)16-30-22-13-12-19(17(3)4)14-20(22)25/h7-14,17,21H,5-6,15-16H2,1-4H3,(H,26,29)/t21-/m1/s1. The van der Waals surface area contributed by atoms with Gasteiger partial charge in [-0.3, -0.25) is 9.59 Å². The van der Waals surface area contributed by atoms with Crippen LogP contribution >= 0.6 is 15.9 Å². The fourth-order valence-electron chi connectivity index (χ4n) is 3.21. The van der Waals surface area contributed by atoms with Gasteiger partial charge in [0.25, 0.3) is 5.91 Å². The van der Waals surface area contributed by atoms with Gasteiger partial charge in [0.15, 0.2) is 6.61 Å². The second-order valence-corrected chi connectivity index (χ2v) is 8.31. The molecule has 0 aromatic heterocycles. The third kappa shape index (κ3) is 6.59. The molecule has 0 unspecified atom stereocenters. The van der Waals surface area contributed by atoms with E-state index in [1.807, 2.05) is 62.4 Å². The molecule has 0 radical (unpaired) electrons. The Morgan fingerprint density at radius 1 is 1.10 bits per heavy atom. The molecule has 1 atom stereocenters. The van der Waals surface area contributed by atoms with Crippen molar-refractivity contribution in [1.82, 2.24) is 10.2 Å². The first-order valence-corrected chi connectivity index (χ1v) is 11.2. The van der Waals surface area contributed by atoms with Crippen LogP contribution in [0.15, 0.2) is 53.0 Å². The van der Waals surface area contributed by atoms with Crippen LogP contribution in [0.3, 0.4) is 0 Å². The topological polar surface area (TPSA) is 58.6 Å². The lowest BCUT2D eigenvalue weighted by Gasteiger charge is -2.30. The molecule has 0 saturated heterocycles. The monoisotopic (exact) mass is 474 g/mol. The van der Waals surface area contributed by atoms with Gasteiger partial charge in [0, 0.05) is 13.1 Å². The molecular weight excluding hydrogens is 444 g/mol. The zero-order valence-electron chi connectivity index (χ0n) is 18.2. The largest absolute Gasteiger partial charge is 0.483 e. The van der Waals surface area contributed by atoms with Crippen LogP contribution in [0.25, 0.3) is 0 Å². The number of hydrogen-bond donors (Lipinski definition) is 1. The van der Waals surface area contributed by atoms with Crippen molar-refractivity contribution in [1.29, 1.82) is 0 Å². The summed E-state index contributed by atoms with van der Waals surface area (Å²) in [5, 5.41) is 2.84. The smallest absolute Gasteiger partial charge is 0.261 e. The van der Waals surface area contributed by atoms with E-state index in [4.69, 9.17) is 4.74 Å². The van der Waals surface area contributed by atoms with Gasteiger partial charge in [0.05, 0.1) is 4.47 Å². The molecule has 30 heavy (non-hydrogen) atoms. The Bertz CT molecular complexity index is 840. The van der Waals surface area contributed by atoms with E-state index >= 15 is 0 Å². The van der Waals surface area contributed by atoms with Gasteiger partial charge in [-0.15, -0.1) is 0 Å². The van der Waals surface area contributed by atoms with Gasteiger partial charge in [-0.1, -0.05) is 57.2 Å². The fraction of sp³-hybridized carbons (Fsp3) is 0.417. The Kier molecular flexibility index (Phi) is 9.37. The van der Waals surface area contributed by atoms with Gasteiger partial charge in [0.2, 0.25) is 5.91 Å². The van der Waals surface area contributed by atoms with E-state index in [-0.39, 0.29) is 18.4 Å². The van der Waals surface area contributed by atoms with Crippen molar-refractivity contribution < 1.29 is 14.3 Å². The summed E-state index contributed by atoms with van der Waals surface area (Å²) < 4.78 is 6.63. The Morgan fingerprint density at radius 2 is 1.80 bits per heavy atom. The predicted octanol–water partition coefficient (Wildman–Crippen LogP) is 4.89. The number of nitrogens with zero attached hydrogens (tertiary/aromatic N) is 1. The zero-order chi connectivity index (χ0) is 22.1. The molecule has 6 heteroatoms. The highest BCUT2D eigenvalue weighted by molar-refractivity contribution is 9.10. The highest BCUT2D eigenvalue weighted by Gasteiger charge is 2.28. The van der Waals surface area contributed by atoms with Crippen LogP contribution in [0, 0.1) is 0 Å². The van der Waals surface area contributed by atoms with Crippen molar-refractivity contribution in [2.75, 3.05) is 13.2 Å². The number of carbonyl (C=O) groups excluding carboxylic acids is 2. The molecule has 0 aliphatic rings. The zero-order valence-corrected chi connectivity index (χ0v) is 19.7. The lowest BCUT2D eigenvalue weighted by Crippen LogP contribution is -2.50. The van der Waals surface area contributed by atoms with Crippen LogP contribution in [0.5, 0.6) is 5.75 Å². The summed E-state index contributed by atoms with van der Waals surface area (Å²) in [4.78, 5) is 27.3. The molecule has 0 heterocycles. The predicted molar refractivity (Wildman–Crippen MR) is 123 cm³/mol. The van der Waals surface area contributed by atoms with Crippen LogP contribution in [0.2, 0.25) is 0 Å². The van der Waals surface area contributed by atoms with E-state index in [1.165, 1.54) is 5.56 Å². The molecule has 0 aliphatic heterocycles. The molecule has 0 bridgehead atoms. The highest BCUT2D eigenvalue weighted by Crippen LogP contribution is 2.29. The minimum atomic E-state index is -0.548. The summed E-state index contributed by atoms with van der Waals surface area (Å²) in [6.45, 7) is 8.77. The first kappa shape index (κ1) is 23.9. The molecule has 0 spiro atoms. The number of nitrogens with one attached hydrogen (secondary N) is 1. The molecule has 162 valence electrons. The van der Waals surface area contributed by atoms with Crippen LogP contribution < -0.4 is 10.1 Å². The quantitative estimate of drug-likeness (QED) is 0.532. The molecule has 2 amide bonds. The van der Waals surface area contributed by atoms with E-state index in [2.05, 4.69) is 35.1 Å². The SMILES string of the molecule is CCNC(=O)[C@@H](CC)N(Cc1ccccc1)C(=O)COc1ccc(C(C)C)cc1Br. The average molecular weight is 475 g/mol. The van der Waals surface area contributed by atoms with Crippen LogP contribution in [-0.2, 0) is 16.1 Å². The number of amides is 2. The number of halogens is 1. The summed E-state index contributed by atoms with van der Waals surface area (Å²) in [7, 11) is 0. The van der Waals surface area contributed by atoms with Gasteiger partial charge >= 0.3 is 0 Å². The van der Waals surface area contributed by atoms with E-state index in [0.717, 1.165) is 10.0 Å². The molecular formula is C24H31BrN2O3. The summed E-state index contributed by atoms with van der Waals surface area (Å²) in [6.07, 6.45) is 0.525. The van der Waals surface area contributed by atoms with E-state index in [1.54, 1.807) is 4.90 Å². The Morgan fingerprint density at radius 3 is 2.37 bits per heavy atom. The second kappa shape index (κ2) is 11.7. The Balaban J connectivity index is 2.18. The maximum Gasteiger partial charge on any atom is 0.261 e. The molecule has 0 saturated carbocycles. The number of likely N-dealkylation sites (N-methyl/N-ethyl adjacent to an activating group) is 1. The Hall–Kier alpha value is -2.34. The lowest BCUT2D eigenvalue weighted by molar-refractivity contribution is -0.142. The van der Waals surface area contributed by atoms with Crippen molar-refractivity contribution in [3.05, 3.63) is 64.1 Å². The molecule has 1 N–H and O–H groups in total. The van der Waals surface area contributed by atoms with Crippen molar-refractivity contribution >= 4 is 27.7 Å². The third-order valence-electron chi connectivity index (χ3n) is 4.91. The molecule has 0 fully saturated rings. The highest BCUT2D eigenvalue weighted by atomic mass is 79.9. The normalized spacial score (nSPS) is 11.8. The molecule has 2 aromatic rings. The fourth-order valence-corrected chi connectivity index (χ4v) is 3.72. The van der Waals surface area contributed by atoms with Crippen LogP contribution in [0.1, 0.15) is 51.2 Å². The number of ether oxygens (including phenoxy) is 1. The minimum absolute atomic E-state index is 0.137. The summed E-state index contributed by atoms with van der Waals surface area (Å²) in [5.74, 6) is 0.641. The summed E-state index contributed by atoms with van der Waals surface area (Å²) >= 11 is 3.53. The maximum absolute atomic E-state index is 13.1. The average Bonchev–Trinajstić information content (AvgIpc) is 2.73. The number of rotatable bonds is 10. The van der Waals surface area contributed by atoms with Crippen molar-refractivity contribution in [2.45, 2.75) is 52.6 Å². The van der Waals surface area contributed by atoms with Crippen LogP contribution in [0.4, 0.5) is 0 Å². The van der Waals surface area contributed by atoms with Crippen LogP contribution in [-0.4, -0.2) is 35.9 Å². The molecule has 2 rings (SSSR count). The van der Waals surface area contributed by atoms with Crippen molar-refractivity contribution in [3.63, 3.8) is 0 Å². The number of benzene rings is 2. The van der Waals surface area contributed by atoms with Gasteiger partial charge in [-0.2, -0.15) is 0 Å². The minimum Gasteiger partial charge on any atom is -0.483 e. The van der Waals surface area contributed by atoms with Crippen molar-refractivity contribution in [2.24, 2.45) is 0 Å².